The number of benzene rings is 1. The van der Waals surface area contributed by atoms with E-state index in [1.54, 1.807) is 12.5 Å². The Labute approximate surface area is 95.1 Å². The second kappa shape index (κ2) is 3.50. The molecule has 0 bridgehead atoms. The molecule has 0 saturated carbocycles. The van der Waals surface area contributed by atoms with E-state index in [2.05, 4.69) is 16.0 Å². The van der Waals surface area contributed by atoms with E-state index in [1.807, 2.05) is 28.8 Å². The van der Waals surface area contributed by atoms with E-state index in [0.29, 0.717) is 0 Å². The molecule has 3 rings (SSSR count). The molecule has 0 atom stereocenters. The average molecular weight is 363 g/mol. The first-order valence-electron chi connectivity index (χ1n) is 4.03. The maximum atomic E-state index is 4.27. The number of rotatable bonds is 0. The summed E-state index contributed by atoms with van der Waals surface area (Å²) in [6, 6.07) is 8.89. The van der Waals surface area contributed by atoms with Crippen molar-refractivity contribution in [1.82, 2.24) is 14.4 Å². The topological polar surface area (TPSA) is 30.2 Å². The van der Waals surface area contributed by atoms with Crippen LogP contribution in [0.2, 0.25) is 0 Å². The largest absolute Gasteiger partial charge is 0.331 e. The molecule has 0 amide bonds. The van der Waals surface area contributed by atoms with Gasteiger partial charge in [0.25, 0.3) is 0 Å². The molecule has 0 radical (unpaired) electrons. The Balaban J connectivity index is 0.000000750. The molecule has 0 aliphatic heterocycles. The third-order valence-corrected chi connectivity index (χ3v) is 2.05. The van der Waals surface area contributed by atoms with Crippen molar-refractivity contribution in [3.05, 3.63) is 43.0 Å². The predicted molar refractivity (Wildman–Crippen MR) is 49.3 cm³/mol. The molecular weight excluding hydrogens is 357 g/mol. The minimum absolute atomic E-state index is 0. The molecule has 0 aliphatic carbocycles. The Morgan fingerprint density at radius 2 is 2.21 bits per heavy atom. The van der Waals surface area contributed by atoms with Gasteiger partial charge in [0.2, 0.25) is 0 Å². The van der Waals surface area contributed by atoms with Crippen LogP contribution in [0.15, 0.2) is 36.9 Å². The third-order valence-electron chi connectivity index (χ3n) is 2.05. The summed E-state index contributed by atoms with van der Waals surface area (Å²) in [6.07, 6.45) is 5.40. The van der Waals surface area contributed by atoms with Crippen molar-refractivity contribution in [2.24, 2.45) is 0 Å². The summed E-state index contributed by atoms with van der Waals surface area (Å²) in [7, 11) is 0. The van der Waals surface area contributed by atoms with E-state index in [1.165, 1.54) is 0 Å². The Bertz CT molecular complexity index is 573. The van der Waals surface area contributed by atoms with Crippen LogP contribution in [0, 0.1) is 6.07 Å². The van der Waals surface area contributed by atoms with E-state index in [0.717, 1.165) is 16.6 Å². The van der Waals surface area contributed by atoms with Gasteiger partial charge in [-0.15, -0.1) is 24.3 Å². The van der Waals surface area contributed by atoms with Crippen molar-refractivity contribution >= 4 is 16.6 Å². The van der Waals surface area contributed by atoms with Crippen LogP contribution in [-0.2, 0) is 21.1 Å². The van der Waals surface area contributed by atoms with Gasteiger partial charge in [-0.1, -0.05) is 5.39 Å². The monoisotopic (exact) mass is 363 g/mol. The van der Waals surface area contributed by atoms with Crippen molar-refractivity contribution < 1.29 is 21.1 Å². The summed E-state index contributed by atoms with van der Waals surface area (Å²) in [4.78, 5) is 8.51. The second-order valence-electron chi connectivity index (χ2n) is 2.83. The molecule has 0 N–H and O–H groups in total. The molecule has 3 nitrogen and oxygen atoms in total. The van der Waals surface area contributed by atoms with Crippen LogP contribution in [0.25, 0.3) is 16.6 Å². The van der Waals surface area contributed by atoms with E-state index in [-0.39, 0.29) is 21.1 Å². The number of nitrogens with zero attached hydrogens (tertiary/aromatic N) is 3. The zero-order chi connectivity index (χ0) is 8.67. The molecule has 0 spiro atoms. The zero-order valence-electron chi connectivity index (χ0n) is 7.12. The number of aromatic nitrogens is 3. The third kappa shape index (κ3) is 1.25. The molecule has 2 aromatic heterocycles. The molecule has 2 heterocycles. The molecule has 1 aromatic carbocycles. The van der Waals surface area contributed by atoms with Crippen LogP contribution < -0.4 is 0 Å². The summed E-state index contributed by atoms with van der Waals surface area (Å²) >= 11 is 0. The van der Waals surface area contributed by atoms with Crippen LogP contribution in [-0.4, -0.2) is 14.4 Å². The smallest absolute Gasteiger partial charge is 0.0816 e. The van der Waals surface area contributed by atoms with Gasteiger partial charge in [-0.2, -0.15) is 0 Å². The first-order valence-corrected chi connectivity index (χ1v) is 4.03. The Hall–Kier alpha value is -1.21. The fourth-order valence-electron chi connectivity index (χ4n) is 1.44. The van der Waals surface area contributed by atoms with E-state index < -0.39 is 0 Å². The molecule has 0 aliphatic rings. The number of fused-ring (bicyclic) bond motifs is 3. The molecule has 72 valence electrons. The Morgan fingerprint density at radius 1 is 1.29 bits per heavy atom. The minimum Gasteiger partial charge on any atom is -0.331 e. The van der Waals surface area contributed by atoms with Gasteiger partial charge in [-0.05, 0) is 5.52 Å². The van der Waals surface area contributed by atoms with Gasteiger partial charge in [0.15, 0.2) is 0 Å². The normalized spacial score (nSPS) is 10.3. The molecule has 14 heavy (non-hydrogen) atoms. The minimum atomic E-state index is 0. The molecule has 4 heteroatoms. The fraction of sp³-hybridized carbons (Fsp3) is 0. The van der Waals surface area contributed by atoms with Gasteiger partial charge < -0.3 is 4.40 Å². The Kier molecular flexibility index (Phi) is 2.34. The van der Waals surface area contributed by atoms with Gasteiger partial charge in [0.05, 0.1) is 12.0 Å². The average Bonchev–Trinajstić information content (AvgIpc) is 2.65. The molecule has 3 aromatic rings. The van der Waals surface area contributed by atoms with E-state index >= 15 is 0 Å². The van der Waals surface area contributed by atoms with Gasteiger partial charge in [-0.3, -0.25) is 9.97 Å². The van der Waals surface area contributed by atoms with Gasteiger partial charge >= 0.3 is 0 Å². The summed E-state index contributed by atoms with van der Waals surface area (Å²) in [5.41, 5.74) is 1.84. The van der Waals surface area contributed by atoms with Crippen LogP contribution in [0.5, 0.6) is 0 Å². The molecule has 0 unspecified atom stereocenters. The summed E-state index contributed by atoms with van der Waals surface area (Å²) < 4.78 is 1.89. The van der Waals surface area contributed by atoms with Crippen molar-refractivity contribution in [1.29, 1.82) is 0 Å². The standard InChI is InChI=1S/C10H6N3.Pt/c1-2-4-9-8(3-1)10-11-5-6-13(10)7-12-9;/h1-2,4-7H;/q-1;. The van der Waals surface area contributed by atoms with Crippen molar-refractivity contribution in [2.75, 3.05) is 0 Å². The number of imidazole rings is 1. The first-order chi connectivity index (χ1) is 6.45. The van der Waals surface area contributed by atoms with E-state index in [9.17, 15) is 0 Å². The van der Waals surface area contributed by atoms with Crippen molar-refractivity contribution in [3.8, 4) is 0 Å². The van der Waals surface area contributed by atoms with Crippen LogP contribution in [0.4, 0.5) is 0 Å². The maximum absolute atomic E-state index is 4.27. The SMILES string of the molecule is [Pt].[c-]1cccc2ncn3ccnc3c12. The maximum Gasteiger partial charge on any atom is 0.0816 e. The van der Waals surface area contributed by atoms with E-state index in [4.69, 9.17) is 0 Å². The quantitative estimate of drug-likeness (QED) is 0.569. The molecular formula is C10H6N3Pt-. The van der Waals surface area contributed by atoms with Gasteiger partial charge in [0.1, 0.15) is 0 Å². The summed E-state index contributed by atoms with van der Waals surface area (Å²) in [5, 5.41) is 0.968. The molecule has 0 fully saturated rings. The number of hydrogen-bond acceptors (Lipinski definition) is 2. The molecule has 0 saturated heterocycles. The number of hydrogen-bond donors (Lipinski definition) is 0. The first kappa shape index (κ1) is 9.35. The van der Waals surface area contributed by atoms with Gasteiger partial charge in [0, 0.05) is 33.5 Å². The zero-order valence-corrected chi connectivity index (χ0v) is 9.39. The second-order valence-corrected chi connectivity index (χ2v) is 2.83. The fourth-order valence-corrected chi connectivity index (χ4v) is 1.44. The van der Waals surface area contributed by atoms with Crippen molar-refractivity contribution in [2.45, 2.75) is 0 Å². The summed E-state index contributed by atoms with van der Waals surface area (Å²) in [6.45, 7) is 0. The van der Waals surface area contributed by atoms with Crippen LogP contribution in [0.3, 0.4) is 0 Å². The van der Waals surface area contributed by atoms with Gasteiger partial charge in [-0.25, -0.2) is 0 Å². The van der Waals surface area contributed by atoms with Crippen LogP contribution >= 0.6 is 0 Å². The Morgan fingerprint density at radius 3 is 3.14 bits per heavy atom. The summed E-state index contributed by atoms with van der Waals surface area (Å²) in [5.74, 6) is 0. The predicted octanol–water partition coefficient (Wildman–Crippen LogP) is 1.68. The van der Waals surface area contributed by atoms with Crippen molar-refractivity contribution in [3.63, 3.8) is 0 Å². The van der Waals surface area contributed by atoms with Crippen LogP contribution in [0.1, 0.15) is 0 Å².